The summed E-state index contributed by atoms with van der Waals surface area (Å²) in [6.45, 7) is 3.98. The largest absolute Gasteiger partial charge is 0.494 e. The van der Waals surface area contributed by atoms with Crippen molar-refractivity contribution in [3.8, 4) is 5.75 Å². The maximum Gasteiger partial charge on any atom is 0.229 e. The molecule has 0 saturated carbocycles. The number of aromatic nitrogens is 3. The van der Waals surface area contributed by atoms with Crippen LogP contribution in [0.1, 0.15) is 5.56 Å². The predicted octanol–water partition coefficient (Wildman–Crippen LogP) is 4.46. The molecule has 1 saturated heterocycles. The molecule has 182 valence electrons. The molecule has 9 heteroatoms. The summed E-state index contributed by atoms with van der Waals surface area (Å²) < 4.78 is 35.9. The Kier molecular flexibility index (Phi) is 6.50. The molecule has 1 fully saturated rings. The van der Waals surface area contributed by atoms with Gasteiger partial charge in [0.1, 0.15) is 23.0 Å². The van der Waals surface area contributed by atoms with E-state index in [4.69, 9.17) is 4.74 Å². The standard InChI is InChI=1S/C26H28F2N6O/c1-32-11-13-33(14-12-32)23-16-24(35-2)22(15-21(23)28)30-26-29-17-19-8-10-34(25(19)31-26)9-7-18-3-5-20(27)6-4-18/h3-6,8,10,15-17H,7,9,11-14H2,1-2H3,(H,29,30,31). The van der Waals surface area contributed by atoms with Gasteiger partial charge in [-0.2, -0.15) is 4.98 Å². The fraction of sp³-hybridized carbons (Fsp3) is 0.308. The van der Waals surface area contributed by atoms with Gasteiger partial charge in [0.05, 0.1) is 18.5 Å². The van der Waals surface area contributed by atoms with E-state index in [9.17, 15) is 4.39 Å². The van der Waals surface area contributed by atoms with Gasteiger partial charge in [0.15, 0.2) is 0 Å². The van der Waals surface area contributed by atoms with Gasteiger partial charge in [-0.3, -0.25) is 0 Å². The number of hydrogen-bond donors (Lipinski definition) is 1. The van der Waals surface area contributed by atoms with Gasteiger partial charge in [-0.25, -0.2) is 13.8 Å². The molecule has 2 aromatic heterocycles. The van der Waals surface area contributed by atoms with E-state index in [-0.39, 0.29) is 11.6 Å². The van der Waals surface area contributed by atoms with E-state index in [1.165, 1.54) is 18.2 Å². The highest BCUT2D eigenvalue weighted by atomic mass is 19.1. The second-order valence-electron chi connectivity index (χ2n) is 8.78. The lowest BCUT2D eigenvalue weighted by Crippen LogP contribution is -2.44. The Hall–Kier alpha value is -3.72. The van der Waals surface area contributed by atoms with Crippen molar-refractivity contribution in [1.82, 2.24) is 19.4 Å². The lowest BCUT2D eigenvalue weighted by Gasteiger charge is -2.34. The van der Waals surface area contributed by atoms with Crippen LogP contribution in [0, 0.1) is 11.6 Å². The summed E-state index contributed by atoms with van der Waals surface area (Å²) in [4.78, 5) is 13.3. The molecule has 1 N–H and O–H groups in total. The quantitative estimate of drug-likeness (QED) is 0.423. The predicted molar refractivity (Wildman–Crippen MR) is 134 cm³/mol. The molecular weight excluding hydrogens is 450 g/mol. The summed E-state index contributed by atoms with van der Waals surface area (Å²) in [6, 6.07) is 11.6. The molecule has 3 heterocycles. The number of benzene rings is 2. The fourth-order valence-corrected chi connectivity index (χ4v) is 4.33. The first-order chi connectivity index (χ1) is 17.0. The van der Waals surface area contributed by atoms with Gasteiger partial charge in [0.2, 0.25) is 5.95 Å². The maximum atomic E-state index is 15.1. The van der Waals surface area contributed by atoms with Gasteiger partial charge in [0.25, 0.3) is 0 Å². The highest BCUT2D eigenvalue weighted by molar-refractivity contribution is 5.77. The summed E-state index contributed by atoms with van der Waals surface area (Å²) in [7, 11) is 3.63. The Balaban J connectivity index is 1.36. The fourth-order valence-electron chi connectivity index (χ4n) is 4.33. The third-order valence-electron chi connectivity index (χ3n) is 6.42. The minimum absolute atomic E-state index is 0.243. The Bertz CT molecular complexity index is 1320. The van der Waals surface area contributed by atoms with Crippen molar-refractivity contribution >= 4 is 28.4 Å². The van der Waals surface area contributed by atoms with E-state index < -0.39 is 0 Å². The number of nitrogens with zero attached hydrogens (tertiary/aromatic N) is 5. The van der Waals surface area contributed by atoms with Crippen LogP contribution in [-0.4, -0.2) is 59.8 Å². The minimum atomic E-state index is -0.318. The number of hydrogen-bond acceptors (Lipinski definition) is 6. The Morgan fingerprint density at radius 2 is 1.80 bits per heavy atom. The molecule has 2 aromatic carbocycles. The number of rotatable bonds is 7. The number of aryl methyl sites for hydroxylation is 2. The molecule has 0 spiro atoms. The molecule has 7 nitrogen and oxygen atoms in total. The number of nitrogens with one attached hydrogen (secondary N) is 1. The van der Waals surface area contributed by atoms with Crippen LogP contribution in [0.15, 0.2) is 54.9 Å². The van der Waals surface area contributed by atoms with Crippen molar-refractivity contribution in [2.45, 2.75) is 13.0 Å². The average Bonchev–Trinajstić information content (AvgIpc) is 3.27. The van der Waals surface area contributed by atoms with E-state index in [0.29, 0.717) is 29.6 Å². The molecule has 0 radical (unpaired) electrons. The van der Waals surface area contributed by atoms with Crippen LogP contribution in [0.3, 0.4) is 0 Å². The van der Waals surface area contributed by atoms with E-state index in [1.807, 2.05) is 21.7 Å². The Morgan fingerprint density at radius 3 is 2.54 bits per heavy atom. The van der Waals surface area contributed by atoms with Gasteiger partial charge in [0, 0.05) is 62.6 Å². The normalized spacial score (nSPS) is 14.5. The summed E-state index contributed by atoms with van der Waals surface area (Å²) in [5.41, 5.74) is 2.80. The van der Waals surface area contributed by atoms with E-state index >= 15 is 4.39 Å². The Labute approximate surface area is 203 Å². The molecule has 35 heavy (non-hydrogen) atoms. The summed E-state index contributed by atoms with van der Waals surface area (Å²) in [5, 5.41) is 4.02. The summed E-state index contributed by atoms with van der Waals surface area (Å²) in [6.07, 6.45) is 4.43. The van der Waals surface area contributed by atoms with Crippen LogP contribution in [0.5, 0.6) is 5.75 Å². The van der Waals surface area contributed by atoms with Crippen LogP contribution in [0.25, 0.3) is 11.0 Å². The van der Waals surface area contributed by atoms with Gasteiger partial charge < -0.3 is 24.4 Å². The zero-order valence-electron chi connectivity index (χ0n) is 19.8. The highest BCUT2D eigenvalue weighted by Gasteiger charge is 2.20. The minimum Gasteiger partial charge on any atom is -0.494 e. The number of halogens is 2. The third-order valence-corrected chi connectivity index (χ3v) is 6.42. The number of likely N-dealkylation sites (N-methyl/N-ethyl adjacent to an activating group) is 1. The topological polar surface area (TPSA) is 58.5 Å². The molecule has 0 bridgehead atoms. The highest BCUT2D eigenvalue weighted by Crippen LogP contribution is 2.34. The van der Waals surface area contributed by atoms with Gasteiger partial charge in [-0.05, 0) is 37.2 Å². The molecule has 1 aliphatic heterocycles. The smallest absolute Gasteiger partial charge is 0.229 e. The summed E-state index contributed by atoms with van der Waals surface area (Å²) >= 11 is 0. The molecule has 4 aromatic rings. The average molecular weight is 479 g/mol. The zero-order valence-corrected chi connectivity index (χ0v) is 19.8. The zero-order chi connectivity index (χ0) is 24.4. The van der Waals surface area contributed by atoms with Crippen molar-refractivity contribution in [2.24, 2.45) is 0 Å². The van der Waals surface area contributed by atoms with Crippen molar-refractivity contribution in [2.75, 3.05) is 50.6 Å². The second-order valence-corrected chi connectivity index (χ2v) is 8.78. The third kappa shape index (κ3) is 5.05. The van der Waals surface area contributed by atoms with Crippen molar-refractivity contribution in [1.29, 1.82) is 0 Å². The first kappa shape index (κ1) is 23.0. The van der Waals surface area contributed by atoms with Crippen LogP contribution < -0.4 is 15.0 Å². The van der Waals surface area contributed by atoms with E-state index in [1.54, 1.807) is 31.5 Å². The number of ether oxygens (including phenoxy) is 1. The number of anilines is 3. The SMILES string of the molecule is COc1cc(N2CCN(C)CC2)c(F)cc1Nc1ncc2ccn(CCc3ccc(F)cc3)c2n1. The van der Waals surface area contributed by atoms with Crippen LogP contribution in [0.2, 0.25) is 0 Å². The van der Waals surface area contributed by atoms with E-state index in [0.717, 1.165) is 49.2 Å². The van der Waals surface area contributed by atoms with Gasteiger partial charge >= 0.3 is 0 Å². The molecule has 0 atom stereocenters. The first-order valence-corrected chi connectivity index (χ1v) is 11.6. The maximum absolute atomic E-state index is 15.1. The molecule has 0 aliphatic carbocycles. The number of methoxy groups -OCH3 is 1. The van der Waals surface area contributed by atoms with Gasteiger partial charge in [-0.15, -0.1) is 0 Å². The lowest BCUT2D eigenvalue weighted by molar-refractivity contribution is 0.311. The van der Waals surface area contributed by atoms with Crippen molar-refractivity contribution in [3.05, 3.63) is 72.1 Å². The van der Waals surface area contributed by atoms with Crippen LogP contribution >= 0.6 is 0 Å². The van der Waals surface area contributed by atoms with Crippen molar-refractivity contribution in [3.63, 3.8) is 0 Å². The number of piperazine rings is 1. The first-order valence-electron chi connectivity index (χ1n) is 11.6. The number of fused-ring (bicyclic) bond motifs is 1. The summed E-state index contributed by atoms with van der Waals surface area (Å²) in [5.74, 6) is 0.314. The van der Waals surface area contributed by atoms with Crippen LogP contribution in [-0.2, 0) is 13.0 Å². The lowest BCUT2D eigenvalue weighted by atomic mass is 10.1. The molecule has 1 aliphatic rings. The molecule has 0 unspecified atom stereocenters. The monoisotopic (exact) mass is 478 g/mol. The molecule has 0 amide bonds. The molecule has 5 rings (SSSR count). The molecular formula is C26H28F2N6O. The van der Waals surface area contributed by atoms with E-state index in [2.05, 4.69) is 27.2 Å². The van der Waals surface area contributed by atoms with Gasteiger partial charge in [-0.1, -0.05) is 12.1 Å². The van der Waals surface area contributed by atoms with Crippen LogP contribution in [0.4, 0.5) is 26.1 Å². The second kappa shape index (κ2) is 9.87. The Morgan fingerprint density at radius 1 is 1.03 bits per heavy atom. The van der Waals surface area contributed by atoms with Crippen molar-refractivity contribution < 1.29 is 13.5 Å².